The highest BCUT2D eigenvalue weighted by Gasteiger charge is 2.08. The lowest BCUT2D eigenvalue weighted by Crippen LogP contribution is -2.25. The maximum absolute atomic E-state index is 11.8. The largest absolute Gasteiger partial charge is 0.351 e. The van der Waals surface area contributed by atoms with Crippen LogP contribution in [0.4, 0.5) is 0 Å². The van der Waals surface area contributed by atoms with E-state index in [1.807, 2.05) is 30.5 Å². The van der Waals surface area contributed by atoms with Crippen LogP contribution in [0.5, 0.6) is 0 Å². The number of aromatic nitrogens is 1. The zero-order valence-electron chi connectivity index (χ0n) is 9.94. The van der Waals surface area contributed by atoms with Crippen LogP contribution < -0.4 is 5.32 Å². The lowest BCUT2D eigenvalue weighted by Gasteiger charge is -2.06. The van der Waals surface area contributed by atoms with E-state index < -0.39 is 0 Å². The average Bonchev–Trinajstić information content (AvgIpc) is 2.75. The Labute approximate surface area is 118 Å². The Morgan fingerprint density at radius 1 is 1.50 bits per heavy atom. The van der Waals surface area contributed by atoms with Crippen LogP contribution in [0.25, 0.3) is 0 Å². The molecule has 2 rings (SSSR count). The van der Waals surface area contributed by atoms with Gasteiger partial charge in [-0.3, -0.25) is 9.78 Å². The molecule has 3 nitrogen and oxygen atoms in total. The predicted molar refractivity (Wildman–Crippen MR) is 76.5 cm³/mol. The highest BCUT2D eigenvalue weighted by atomic mass is 79.9. The molecule has 5 heteroatoms. The summed E-state index contributed by atoms with van der Waals surface area (Å²) in [7, 11) is 0. The van der Waals surface area contributed by atoms with Gasteiger partial charge in [-0.1, -0.05) is 6.07 Å². The van der Waals surface area contributed by atoms with Crippen molar-refractivity contribution in [2.45, 2.75) is 19.9 Å². The fourth-order valence-corrected chi connectivity index (χ4v) is 2.98. The van der Waals surface area contributed by atoms with Crippen LogP contribution in [0.2, 0.25) is 0 Å². The number of hydrogen-bond acceptors (Lipinski definition) is 3. The molecular formula is C13H13BrN2OS. The van der Waals surface area contributed by atoms with Crippen LogP contribution in [0, 0.1) is 6.92 Å². The van der Waals surface area contributed by atoms with Crippen LogP contribution in [-0.2, 0) is 17.8 Å². The van der Waals surface area contributed by atoms with Crippen molar-refractivity contribution in [3.05, 3.63) is 50.4 Å². The summed E-state index contributed by atoms with van der Waals surface area (Å²) in [6, 6.07) is 5.82. The van der Waals surface area contributed by atoms with Crippen molar-refractivity contribution in [1.82, 2.24) is 10.3 Å². The van der Waals surface area contributed by atoms with E-state index in [9.17, 15) is 4.79 Å². The zero-order valence-corrected chi connectivity index (χ0v) is 12.3. The van der Waals surface area contributed by atoms with Crippen LogP contribution in [0.1, 0.15) is 16.1 Å². The van der Waals surface area contributed by atoms with Gasteiger partial charge < -0.3 is 5.32 Å². The number of hydrogen-bond donors (Lipinski definition) is 1. The summed E-state index contributed by atoms with van der Waals surface area (Å²) in [5, 5.41) is 4.90. The first kappa shape index (κ1) is 13.2. The van der Waals surface area contributed by atoms with Crippen LogP contribution in [-0.4, -0.2) is 10.9 Å². The molecule has 1 N–H and O–H groups in total. The Morgan fingerprint density at radius 2 is 2.33 bits per heavy atom. The van der Waals surface area contributed by atoms with Crippen molar-refractivity contribution in [2.75, 3.05) is 0 Å². The SMILES string of the molecule is Cc1cccnc1CC(=O)NCc1sccc1Br. The van der Waals surface area contributed by atoms with E-state index >= 15 is 0 Å². The predicted octanol–water partition coefficient (Wildman–Crippen LogP) is 3.07. The Morgan fingerprint density at radius 3 is 3.00 bits per heavy atom. The number of thiophene rings is 1. The Kier molecular flexibility index (Phi) is 4.49. The fraction of sp³-hybridized carbons (Fsp3) is 0.231. The maximum atomic E-state index is 11.8. The van der Waals surface area contributed by atoms with Gasteiger partial charge in [0.1, 0.15) is 0 Å². The number of aryl methyl sites for hydroxylation is 1. The van der Waals surface area contributed by atoms with Crippen LogP contribution >= 0.6 is 27.3 Å². The summed E-state index contributed by atoms with van der Waals surface area (Å²) in [6.07, 6.45) is 2.04. The molecule has 0 atom stereocenters. The number of nitrogens with zero attached hydrogens (tertiary/aromatic N) is 1. The summed E-state index contributed by atoms with van der Waals surface area (Å²) in [5.74, 6) is -0.00269. The van der Waals surface area contributed by atoms with E-state index in [-0.39, 0.29) is 5.91 Å². The second-order valence-corrected chi connectivity index (χ2v) is 5.77. The third-order valence-electron chi connectivity index (χ3n) is 2.58. The molecule has 2 aromatic rings. The molecule has 0 aliphatic carbocycles. The average molecular weight is 325 g/mol. The Balaban J connectivity index is 1.90. The maximum Gasteiger partial charge on any atom is 0.226 e. The van der Waals surface area contributed by atoms with E-state index in [4.69, 9.17) is 0 Å². The number of carbonyl (C=O) groups excluding carboxylic acids is 1. The zero-order chi connectivity index (χ0) is 13.0. The number of carbonyl (C=O) groups is 1. The normalized spacial score (nSPS) is 10.3. The second kappa shape index (κ2) is 6.11. The molecule has 18 heavy (non-hydrogen) atoms. The van der Waals surface area contributed by atoms with Crippen molar-refractivity contribution < 1.29 is 4.79 Å². The third kappa shape index (κ3) is 3.40. The van der Waals surface area contributed by atoms with Gasteiger partial charge in [0.15, 0.2) is 0 Å². The minimum Gasteiger partial charge on any atom is -0.351 e. The van der Waals surface area contributed by atoms with Gasteiger partial charge in [-0.25, -0.2) is 0 Å². The highest BCUT2D eigenvalue weighted by Crippen LogP contribution is 2.22. The smallest absolute Gasteiger partial charge is 0.226 e. The van der Waals surface area contributed by atoms with Crippen LogP contribution in [0.3, 0.4) is 0 Å². The topological polar surface area (TPSA) is 42.0 Å². The molecular weight excluding hydrogens is 312 g/mol. The molecule has 0 saturated carbocycles. The molecule has 0 saturated heterocycles. The summed E-state index contributed by atoms with van der Waals surface area (Å²) in [6.45, 7) is 2.52. The monoisotopic (exact) mass is 324 g/mol. The lowest BCUT2D eigenvalue weighted by atomic mass is 10.1. The number of amides is 1. The quantitative estimate of drug-likeness (QED) is 0.939. The molecule has 0 spiro atoms. The molecule has 0 aliphatic rings. The van der Waals surface area contributed by atoms with Crippen molar-refractivity contribution in [3.8, 4) is 0 Å². The minimum atomic E-state index is -0.00269. The van der Waals surface area contributed by atoms with Crippen molar-refractivity contribution >= 4 is 33.2 Å². The first-order valence-electron chi connectivity index (χ1n) is 5.56. The molecule has 0 radical (unpaired) electrons. The lowest BCUT2D eigenvalue weighted by molar-refractivity contribution is -0.120. The van der Waals surface area contributed by atoms with Gasteiger partial charge >= 0.3 is 0 Å². The molecule has 0 fully saturated rings. The summed E-state index contributed by atoms with van der Waals surface area (Å²) >= 11 is 5.07. The van der Waals surface area contributed by atoms with Gasteiger partial charge in [-0.15, -0.1) is 11.3 Å². The molecule has 0 unspecified atom stereocenters. The van der Waals surface area contributed by atoms with Crippen molar-refractivity contribution in [1.29, 1.82) is 0 Å². The fourth-order valence-electron chi connectivity index (χ4n) is 1.55. The number of rotatable bonds is 4. The van der Waals surface area contributed by atoms with E-state index in [2.05, 4.69) is 26.2 Å². The number of halogens is 1. The molecule has 0 aliphatic heterocycles. The first-order valence-corrected chi connectivity index (χ1v) is 7.23. The van der Waals surface area contributed by atoms with Gasteiger partial charge in [-0.2, -0.15) is 0 Å². The molecule has 2 heterocycles. The standard InChI is InChI=1S/C13H13BrN2OS/c1-9-3-2-5-15-11(9)7-13(17)16-8-12-10(14)4-6-18-12/h2-6H,7-8H2,1H3,(H,16,17). The second-order valence-electron chi connectivity index (χ2n) is 3.91. The number of pyridine rings is 1. The van der Waals surface area contributed by atoms with Gasteiger partial charge in [0, 0.05) is 15.5 Å². The highest BCUT2D eigenvalue weighted by molar-refractivity contribution is 9.10. The molecule has 0 aromatic carbocycles. The van der Waals surface area contributed by atoms with Gasteiger partial charge in [0.25, 0.3) is 0 Å². The molecule has 0 bridgehead atoms. The van der Waals surface area contributed by atoms with E-state index in [0.29, 0.717) is 13.0 Å². The Hall–Kier alpha value is -1.20. The summed E-state index contributed by atoms with van der Waals surface area (Å²) in [5.41, 5.74) is 1.88. The third-order valence-corrected chi connectivity index (χ3v) is 4.51. The van der Waals surface area contributed by atoms with Crippen molar-refractivity contribution in [2.24, 2.45) is 0 Å². The Bertz CT molecular complexity index is 553. The summed E-state index contributed by atoms with van der Waals surface area (Å²) < 4.78 is 1.04. The van der Waals surface area contributed by atoms with Gasteiger partial charge in [0.05, 0.1) is 18.7 Å². The van der Waals surface area contributed by atoms with E-state index in [1.165, 1.54) is 0 Å². The van der Waals surface area contributed by atoms with Crippen molar-refractivity contribution in [3.63, 3.8) is 0 Å². The van der Waals surface area contributed by atoms with E-state index in [0.717, 1.165) is 20.6 Å². The molecule has 2 aromatic heterocycles. The van der Waals surface area contributed by atoms with Crippen LogP contribution in [0.15, 0.2) is 34.2 Å². The number of nitrogens with one attached hydrogen (secondary N) is 1. The van der Waals surface area contributed by atoms with Gasteiger partial charge in [0.2, 0.25) is 5.91 Å². The summed E-state index contributed by atoms with van der Waals surface area (Å²) in [4.78, 5) is 17.1. The minimum absolute atomic E-state index is 0.00269. The molecule has 94 valence electrons. The first-order chi connectivity index (χ1) is 8.66. The van der Waals surface area contributed by atoms with Gasteiger partial charge in [-0.05, 0) is 45.9 Å². The van der Waals surface area contributed by atoms with E-state index in [1.54, 1.807) is 17.5 Å². The molecule has 1 amide bonds.